The monoisotopic (exact) mass is 246 g/mol. The Hall–Kier alpha value is -0.860. The van der Waals surface area contributed by atoms with Gasteiger partial charge in [-0.25, -0.2) is 0 Å². The van der Waals surface area contributed by atoms with Crippen molar-refractivity contribution >= 4 is 0 Å². The van der Waals surface area contributed by atoms with Crippen LogP contribution in [0.4, 0.5) is 0 Å². The number of rotatable bonds is 6. The summed E-state index contributed by atoms with van der Waals surface area (Å²) in [5, 5.41) is 3.46. The quantitative estimate of drug-likeness (QED) is 0.830. The number of nitrogens with one attached hydrogen (secondary N) is 1. The molecule has 0 saturated heterocycles. The summed E-state index contributed by atoms with van der Waals surface area (Å²) in [5.74, 6) is 0.935. The summed E-state index contributed by atoms with van der Waals surface area (Å²) in [6, 6.07) is 9.83. The number of hydrogen-bond acceptors (Lipinski definition) is 2. The normalized spacial score (nSPS) is 18.9. The molecule has 0 spiro atoms. The molecule has 1 aromatic rings. The van der Waals surface area contributed by atoms with Crippen molar-refractivity contribution in [2.45, 2.75) is 38.8 Å². The summed E-state index contributed by atoms with van der Waals surface area (Å²) < 4.78 is 0. The minimum atomic E-state index is 0.428. The van der Waals surface area contributed by atoms with E-state index in [1.165, 1.54) is 24.0 Å². The van der Waals surface area contributed by atoms with Crippen LogP contribution in [0.2, 0.25) is 0 Å². The van der Waals surface area contributed by atoms with Crippen LogP contribution in [0.25, 0.3) is 0 Å². The smallest absolute Gasteiger partial charge is 0.0449 e. The fourth-order valence-electron chi connectivity index (χ4n) is 2.72. The zero-order valence-electron chi connectivity index (χ0n) is 12.1. The maximum absolute atomic E-state index is 3.46. The number of hydrogen-bond donors (Lipinski definition) is 1. The van der Waals surface area contributed by atoms with Crippen molar-refractivity contribution in [3.63, 3.8) is 0 Å². The van der Waals surface area contributed by atoms with Gasteiger partial charge in [0, 0.05) is 18.6 Å². The van der Waals surface area contributed by atoms with Crippen LogP contribution < -0.4 is 5.32 Å². The molecule has 2 unspecified atom stereocenters. The van der Waals surface area contributed by atoms with E-state index >= 15 is 0 Å². The summed E-state index contributed by atoms with van der Waals surface area (Å²) in [6.45, 7) is 5.64. The Labute approximate surface area is 111 Å². The van der Waals surface area contributed by atoms with Gasteiger partial charge in [-0.2, -0.15) is 0 Å². The predicted molar refractivity (Wildman–Crippen MR) is 77.8 cm³/mol. The highest BCUT2D eigenvalue weighted by Gasteiger charge is 2.31. The van der Waals surface area contributed by atoms with Gasteiger partial charge in [0.2, 0.25) is 0 Å². The van der Waals surface area contributed by atoms with Gasteiger partial charge >= 0.3 is 0 Å². The van der Waals surface area contributed by atoms with Crippen LogP contribution in [-0.4, -0.2) is 31.6 Å². The topological polar surface area (TPSA) is 15.3 Å². The molecule has 1 fully saturated rings. The van der Waals surface area contributed by atoms with E-state index in [1.807, 2.05) is 0 Å². The van der Waals surface area contributed by atoms with Gasteiger partial charge in [-0.05, 0) is 57.8 Å². The zero-order valence-corrected chi connectivity index (χ0v) is 12.1. The molecule has 1 aliphatic rings. The Bertz CT molecular complexity index is 384. The van der Waals surface area contributed by atoms with E-state index in [1.54, 1.807) is 0 Å². The number of benzene rings is 1. The molecule has 2 rings (SSSR count). The van der Waals surface area contributed by atoms with Crippen molar-refractivity contribution < 1.29 is 0 Å². The molecule has 0 radical (unpaired) electrons. The lowest BCUT2D eigenvalue weighted by molar-refractivity contribution is 0.213. The molecule has 0 aliphatic heterocycles. The summed E-state index contributed by atoms with van der Waals surface area (Å²) in [5.41, 5.74) is 2.80. The maximum Gasteiger partial charge on any atom is 0.0449 e. The van der Waals surface area contributed by atoms with Gasteiger partial charge in [-0.15, -0.1) is 0 Å². The van der Waals surface area contributed by atoms with Crippen molar-refractivity contribution in [1.29, 1.82) is 0 Å². The zero-order chi connectivity index (χ0) is 13.1. The number of aryl methyl sites for hydroxylation is 1. The van der Waals surface area contributed by atoms with Gasteiger partial charge in [0.05, 0.1) is 0 Å². The second-order valence-corrected chi connectivity index (χ2v) is 5.72. The Morgan fingerprint density at radius 1 is 1.33 bits per heavy atom. The van der Waals surface area contributed by atoms with Crippen LogP contribution in [0.15, 0.2) is 24.3 Å². The predicted octanol–water partition coefficient (Wildman–Crippen LogP) is 2.99. The van der Waals surface area contributed by atoms with Gasteiger partial charge in [-0.3, -0.25) is 0 Å². The van der Waals surface area contributed by atoms with Crippen molar-refractivity contribution in [1.82, 2.24) is 10.2 Å². The first-order valence-electron chi connectivity index (χ1n) is 7.06. The van der Waals surface area contributed by atoms with Crippen LogP contribution in [-0.2, 0) is 0 Å². The fraction of sp³-hybridized carbons (Fsp3) is 0.625. The van der Waals surface area contributed by atoms with Crippen LogP contribution in [0.5, 0.6) is 0 Å². The Morgan fingerprint density at radius 2 is 2.00 bits per heavy atom. The molecule has 0 amide bonds. The molecule has 1 aromatic carbocycles. The highest BCUT2D eigenvalue weighted by molar-refractivity contribution is 5.29. The molecule has 100 valence electrons. The average Bonchev–Trinajstić information content (AvgIpc) is 3.20. The van der Waals surface area contributed by atoms with Gasteiger partial charge in [0.15, 0.2) is 0 Å². The van der Waals surface area contributed by atoms with Crippen molar-refractivity contribution in [2.75, 3.05) is 20.6 Å². The van der Waals surface area contributed by atoms with E-state index in [2.05, 4.69) is 62.4 Å². The third-order valence-corrected chi connectivity index (χ3v) is 4.38. The fourth-order valence-corrected chi connectivity index (χ4v) is 2.72. The summed E-state index contributed by atoms with van der Waals surface area (Å²) in [7, 11) is 4.32. The third-order valence-electron chi connectivity index (χ3n) is 4.38. The molecule has 2 nitrogen and oxygen atoms in total. The average molecular weight is 246 g/mol. The van der Waals surface area contributed by atoms with Crippen molar-refractivity contribution in [3.8, 4) is 0 Å². The standard InChI is InChI=1S/C16H26N2/c1-12-7-5-6-8-15(12)16(17-3)11-18(4)13(2)14-9-10-14/h5-8,13-14,16-17H,9-11H2,1-4H3. The number of nitrogens with zero attached hydrogens (tertiary/aromatic N) is 1. The lowest BCUT2D eigenvalue weighted by atomic mass is 10.0. The maximum atomic E-state index is 3.46. The second kappa shape index (κ2) is 5.85. The van der Waals surface area contributed by atoms with Crippen LogP contribution in [0.3, 0.4) is 0 Å². The molecule has 18 heavy (non-hydrogen) atoms. The minimum Gasteiger partial charge on any atom is -0.312 e. The molecular formula is C16H26N2. The van der Waals surface area contributed by atoms with E-state index in [0.717, 1.165) is 12.5 Å². The summed E-state index contributed by atoms with van der Waals surface area (Å²) in [6.07, 6.45) is 2.83. The Morgan fingerprint density at radius 3 is 2.56 bits per heavy atom. The van der Waals surface area contributed by atoms with E-state index in [0.29, 0.717) is 12.1 Å². The summed E-state index contributed by atoms with van der Waals surface area (Å²) >= 11 is 0. The van der Waals surface area contributed by atoms with E-state index in [-0.39, 0.29) is 0 Å². The Balaban J connectivity index is 2.02. The van der Waals surface area contributed by atoms with E-state index in [9.17, 15) is 0 Å². The SMILES string of the molecule is CNC(CN(C)C(C)C1CC1)c1ccccc1C. The molecule has 0 aromatic heterocycles. The van der Waals surface area contributed by atoms with Crippen LogP contribution >= 0.6 is 0 Å². The lowest BCUT2D eigenvalue weighted by Crippen LogP contribution is -2.38. The molecule has 2 heteroatoms. The largest absolute Gasteiger partial charge is 0.312 e. The minimum absolute atomic E-state index is 0.428. The van der Waals surface area contributed by atoms with E-state index < -0.39 is 0 Å². The van der Waals surface area contributed by atoms with E-state index in [4.69, 9.17) is 0 Å². The van der Waals surface area contributed by atoms with Gasteiger partial charge in [-0.1, -0.05) is 24.3 Å². The molecular weight excluding hydrogens is 220 g/mol. The van der Waals surface area contributed by atoms with Crippen LogP contribution in [0, 0.1) is 12.8 Å². The molecule has 1 saturated carbocycles. The first kappa shape index (κ1) is 13.6. The Kier molecular flexibility index (Phi) is 4.41. The van der Waals surface area contributed by atoms with Crippen molar-refractivity contribution in [2.24, 2.45) is 5.92 Å². The molecule has 0 heterocycles. The highest BCUT2D eigenvalue weighted by atomic mass is 15.2. The number of likely N-dealkylation sites (N-methyl/N-ethyl adjacent to an activating group) is 2. The van der Waals surface area contributed by atoms with Crippen molar-refractivity contribution in [3.05, 3.63) is 35.4 Å². The molecule has 2 atom stereocenters. The van der Waals surface area contributed by atoms with Gasteiger partial charge < -0.3 is 10.2 Å². The van der Waals surface area contributed by atoms with Gasteiger partial charge in [0.25, 0.3) is 0 Å². The first-order chi connectivity index (χ1) is 8.63. The third kappa shape index (κ3) is 3.12. The lowest BCUT2D eigenvalue weighted by Gasteiger charge is -2.30. The second-order valence-electron chi connectivity index (χ2n) is 5.72. The molecule has 1 aliphatic carbocycles. The van der Waals surface area contributed by atoms with Gasteiger partial charge in [0.1, 0.15) is 0 Å². The first-order valence-corrected chi connectivity index (χ1v) is 7.06. The van der Waals surface area contributed by atoms with Crippen LogP contribution in [0.1, 0.15) is 36.9 Å². The molecule has 0 bridgehead atoms. The highest BCUT2D eigenvalue weighted by Crippen LogP contribution is 2.35. The summed E-state index contributed by atoms with van der Waals surface area (Å²) in [4.78, 5) is 2.51. The molecule has 1 N–H and O–H groups in total.